The molecule has 0 fully saturated rings. The SMILES string of the molecule is NC(=O)c1cc(OCCCc2ccncc2)ccc1[N+](=O)[O-]. The summed E-state index contributed by atoms with van der Waals surface area (Å²) in [5.41, 5.74) is 5.82. The molecule has 0 spiro atoms. The molecule has 0 aliphatic heterocycles. The van der Waals surface area contributed by atoms with Gasteiger partial charge >= 0.3 is 0 Å². The molecule has 1 amide bonds. The van der Waals surface area contributed by atoms with Gasteiger partial charge in [0.25, 0.3) is 11.6 Å². The summed E-state index contributed by atoms with van der Waals surface area (Å²) in [6, 6.07) is 7.83. The van der Waals surface area contributed by atoms with Crippen molar-refractivity contribution in [2.45, 2.75) is 12.8 Å². The number of aromatic nitrogens is 1. The number of aryl methyl sites for hydroxylation is 1. The van der Waals surface area contributed by atoms with Crippen LogP contribution in [-0.4, -0.2) is 22.4 Å². The Morgan fingerprint density at radius 3 is 2.64 bits per heavy atom. The third-order valence-corrected chi connectivity index (χ3v) is 3.06. The first-order valence-corrected chi connectivity index (χ1v) is 6.68. The maximum absolute atomic E-state index is 11.2. The first kappa shape index (κ1) is 15.4. The van der Waals surface area contributed by atoms with Gasteiger partial charge in [-0.25, -0.2) is 0 Å². The van der Waals surface area contributed by atoms with Crippen LogP contribution in [0.15, 0.2) is 42.7 Å². The smallest absolute Gasteiger partial charge is 0.282 e. The fourth-order valence-electron chi connectivity index (χ4n) is 1.98. The van der Waals surface area contributed by atoms with Crippen molar-refractivity contribution in [1.82, 2.24) is 4.98 Å². The van der Waals surface area contributed by atoms with E-state index in [9.17, 15) is 14.9 Å². The summed E-state index contributed by atoms with van der Waals surface area (Å²) in [5.74, 6) is -0.469. The van der Waals surface area contributed by atoms with Crippen molar-refractivity contribution in [1.29, 1.82) is 0 Å². The average molecular weight is 301 g/mol. The van der Waals surface area contributed by atoms with E-state index in [1.807, 2.05) is 12.1 Å². The Morgan fingerprint density at radius 2 is 2.00 bits per heavy atom. The third kappa shape index (κ3) is 4.02. The van der Waals surface area contributed by atoms with Gasteiger partial charge in [-0.15, -0.1) is 0 Å². The van der Waals surface area contributed by atoms with Gasteiger partial charge in [0.2, 0.25) is 0 Å². The second-order valence-corrected chi connectivity index (χ2v) is 4.61. The van der Waals surface area contributed by atoms with Crippen LogP contribution in [-0.2, 0) is 6.42 Å². The van der Waals surface area contributed by atoms with Crippen LogP contribution in [0.1, 0.15) is 22.3 Å². The molecule has 22 heavy (non-hydrogen) atoms. The van der Waals surface area contributed by atoms with Crippen LogP contribution in [0.5, 0.6) is 5.75 Å². The first-order valence-electron chi connectivity index (χ1n) is 6.68. The molecular weight excluding hydrogens is 286 g/mol. The van der Waals surface area contributed by atoms with E-state index in [0.717, 1.165) is 18.4 Å². The normalized spacial score (nSPS) is 10.2. The van der Waals surface area contributed by atoms with E-state index in [-0.39, 0.29) is 11.3 Å². The van der Waals surface area contributed by atoms with Crippen LogP contribution in [0.3, 0.4) is 0 Å². The van der Waals surface area contributed by atoms with Crippen LogP contribution in [0.2, 0.25) is 0 Å². The highest BCUT2D eigenvalue weighted by Crippen LogP contribution is 2.23. The van der Waals surface area contributed by atoms with Crippen molar-refractivity contribution in [2.24, 2.45) is 5.73 Å². The van der Waals surface area contributed by atoms with E-state index in [1.54, 1.807) is 12.4 Å². The number of nitrogens with two attached hydrogens (primary N) is 1. The lowest BCUT2D eigenvalue weighted by atomic mass is 10.1. The summed E-state index contributed by atoms with van der Waals surface area (Å²) < 4.78 is 5.51. The number of amides is 1. The first-order chi connectivity index (χ1) is 10.6. The molecule has 0 bridgehead atoms. The average Bonchev–Trinajstić information content (AvgIpc) is 2.52. The molecule has 1 aromatic carbocycles. The van der Waals surface area contributed by atoms with Crippen molar-refractivity contribution >= 4 is 11.6 Å². The van der Waals surface area contributed by atoms with Gasteiger partial charge in [0.05, 0.1) is 11.5 Å². The van der Waals surface area contributed by atoms with Gasteiger partial charge in [-0.1, -0.05) is 0 Å². The molecule has 2 rings (SSSR count). The fourth-order valence-corrected chi connectivity index (χ4v) is 1.98. The van der Waals surface area contributed by atoms with E-state index in [1.165, 1.54) is 18.2 Å². The second kappa shape index (κ2) is 7.16. The van der Waals surface area contributed by atoms with Gasteiger partial charge in [-0.05, 0) is 42.7 Å². The zero-order valence-electron chi connectivity index (χ0n) is 11.8. The van der Waals surface area contributed by atoms with E-state index in [0.29, 0.717) is 12.4 Å². The fraction of sp³-hybridized carbons (Fsp3) is 0.200. The Labute approximate surface area is 126 Å². The number of benzene rings is 1. The van der Waals surface area contributed by atoms with Gasteiger partial charge in [-0.3, -0.25) is 19.9 Å². The minimum absolute atomic E-state index is 0.156. The third-order valence-electron chi connectivity index (χ3n) is 3.06. The van der Waals surface area contributed by atoms with Gasteiger partial charge in [-0.2, -0.15) is 0 Å². The summed E-state index contributed by atoms with van der Waals surface area (Å²) in [7, 11) is 0. The second-order valence-electron chi connectivity index (χ2n) is 4.61. The molecule has 1 heterocycles. The number of ether oxygens (including phenoxy) is 1. The number of nitro benzene ring substituents is 1. The molecule has 0 aliphatic rings. The monoisotopic (exact) mass is 301 g/mol. The van der Waals surface area contributed by atoms with Crippen LogP contribution < -0.4 is 10.5 Å². The molecule has 0 saturated heterocycles. The maximum atomic E-state index is 11.2. The van der Waals surface area contributed by atoms with E-state index in [4.69, 9.17) is 10.5 Å². The number of carbonyl (C=O) groups excluding carboxylic acids is 1. The number of hydrogen-bond acceptors (Lipinski definition) is 5. The zero-order chi connectivity index (χ0) is 15.9. The largest absolute Gasteiger partial charge is 0.494 e. The van der Waals surface area contributed by atoms with E-state index in [2.05, 4.69) is 4.98 Å². The van der Waals surface area contributed by atoms with Crippen LogP contribution in [0.4, 0.5) is 5.69 Å². The number of nitro groups is 1. The lowest BCUT2D eigenvalue weighted by molar-refractivity contribution is -0.385. The Kier molecular flexibility index (Phi) is 5.02. The minimum atomic E-state index is -0.853. The molecule has 2 aromatic rings. The summed E-state index contributed by atoms with van der Waals surface area (Å²) in [6.45, 7) is 0.429. The molecule has 0 unspecified atom stereocenters. The highest BCUT2D eigenvalue weighted by atomic mass is 16.6. The lowest BCUT2D eigenvalue weighted by Crippen LogP contribution is -2.13. The van der Waals surface area contributed by atoms with Crippen LogP contribution >= 0.6 is 0 Å². The molecule has 0 aliphatic carbocycles. The minimum Gasteiger partial charge on any atom is -0.494 e. The highest BCUT2D eigenvalue weighted by Gasteiger charge is 2.18. The predicted molar refractivity (Wildman–Crippen MR) is 79.7 cm³/mol. The molecular formula is C15H15N3O4. The van der Waals surface area contributed by atoms with Crippen molar-refractivity contribution in [2.75, 3.05) is 6.61 Å². The van der Waals surface area contributed by atoms with Gasteiger partial charge in [0.1, 0.15) is 11.3 Å². The molecule has 1 aromatic heterocycles. The number of rotatable bonds is 7. The number of pyridine rings is 1. The van der Waals surface area contributed by atoms with Crippen molar-refractivity contribution in [3.63, 3.8) is 0 Å². The summed E-state index contributed by atoms with van der Waals surface area (Å²) >= 11 is 0. The van der Waals surface area contributed by atoms with Crippen molar-refractivity contribution in [3.05, 3.63) is 64.0 Å². The van der Waals surface area contributed by atoms with Crippen molar-refractivity contribution < 1.29 is 14.5 Å². The van der Waals surface area contributed by atoms with Gasteiger partial charge < -0.3 is 10.5 Å². The Hall–Kier alpha value is -2.96. The van der Waals surface area contributed by atoms with Gasteiger partial charge in [0, 0.05) is 18.5 Å². The van der Waals surface area contributed by atoms with Gasteiger partial charge in [0.15, 0.2) is 0 Å². The molecule has 7 nitrogen and oxygen atoms in total. The number of hydrogen-bond donors (Lipinski definition) is 1. The van der Waals surface area contributed by atoms with E-state index >= 15 is 0 Å². The Morgan fingerprint density at radius 1 is 1.27 bits per heavy atom. The van der Waals surface area contributed by atoms with E-state index < -0.39 is 10.8 Å². The number of primary amides is 1. The van der Waals surface area contributed by atoms with Crippen LogP contribution in [0, 0.1) is 10.1 Å². The maximum Gasteiger partial charge on any atom is 0.282 e. The summed E-state index contributed by atoms with van der Waals surface area (Å²) in [6.07, 6.45) is 5.06. The Bertz CT molecular complexity index is 674. The molecule has 114 valence electrons. The summed E-state index contributed by atoms with van der Waals surface area (Å²) in [5, 5.41) is 10.8. The standard InChI is InChI=1S/C15H15N3O4/c16-15(19)13-10-12(3-4-14(13)18(20)21)22-9-1-2-11-5-7-17-8-6-11/h3-8,10H,1-2,9H2,(H2,16,19). The summed E-state index contributed by atoms with van der Waals surface area (Å²) in [4.78, 5) is 25.4. The number of nitrogens with zero attached hydrogens (tertiary/aromatic N) is 2. The number of carbonyl (C=O) groups is 1. The molecule has 0 atom stereocenters. The molecule has 0 radical (unpaired) electrons. The molecule has 2 N–H and O–H groups in total. The van der Waals surface area contributed by atoms with Crippen LogP contribution in [0.25, 0.3) is 0 Å². The quantitative estimate of drug-likeness (QED) is 0.478. The predicted octanol–water partition coefficient (Wildman–Crippen LogP) is 2.10. The molecule has 7 heteroatoms. The Balaban J connectivity index is 1.94. The van der Waals surface area contributed by atoms with Crippen molar-refractivity contribution in [3.8, 4) is 5.75 Å². The highest BCUT2D eigenvalue weighted by molar-refractivity contribution is 5.97. The molecule has 0 saturated carbocycles. The lowest BCUT2D eigenvalue weighted by Gasteiger charge is -2.07. The topological polar surface area (TPSA) is 108 Å². The zero-order valence-corrected chi connectivity index (χ0v) is 11.8.